The van der Waals surface area contributed by atoms with Crippen molar-refractivity contribution in [3.05, 3.63) is 11.6 Å². The minimum Gasteiger partial charge on any atom is -0.451 e. The van der Waals surface area contributed by atoms with E-state index in [1.165, 1.54) is 12.5 Å². The minimum absolute atomic E-state index is 0.00469. The maximum absolute atomic E-state index is 12.8. The molecule has 0 bridgehead atoms. The SMILES string of the molecule is CC(=O)O[C@]1(C(C)=O)CC[C@H]2[C@@H]3CC(C)C4=CC(=O)CC[C@]4(C)[C@H]3CC[C@@]21C. The molecule has 0 saturated heterocycles. The summed E-state index contributed by atoms with van der Waals surface area (Å²) in [6.45, 7) is 9.87. The number of carbonyl (C=O) groups excluding carboxylic acids is 3. The van der Waals surface area contributed by atoms with E-state index in [1.54, 1.807) is 6.92 Å². The van der Waals surface area contributed by atoms with Crippen LogP contribution in [0.1, 0.15) is 79.6 Å². The molecule has 0 amide bonds. The predicted octanol–water partition coefficient (Wildman–Crippen LogP) is 4.66. The number of ether oxygens (including phenoxy) is 1. The fourth-order valence-electron chi connectivity index (χ4n) is 8.05. The normalized spacial score (nSPS) is 47.5. The average molecular weight is 387 g/mol. The van der Waals surface area contributed by atoms with Gasteiger partial charge in [-0.2, -0.15) is 0 Å². The van der Waals surface area contributed by atoms with E-state index in [1.807, 2.05) is 6.08 Å². The summed E-state index contributed by atoms with van der Waals surface area (Å²) in [5.41, 5.74) is 0.218. The van der Waals surface area contributed by atoms with Gasteiger partial charge in [0.15, 0.2) is 17.2 Å². The molecule has 0 aromatic rings. The lowest BCUT2D eigenvalue weighted by atomic mass is 9.44. The molecular weight excluding hydrogens is 352 g/mol. The number of ketones is 2. The predicted molar refractivity (Wildman–Crippen MR) is 106 cm³/mol. The monoisotopic (exact) mass is 386 g/mol. The van der Waals surface area contributed by atoms with E-state index in [0.717, 1.165) is 32.1 Å². The summed E-state index contributed by atoms with van der Waals surface area (Å²) >= 11 is 0. The van der Waals surface area contributed by atoms with Gasteiger partial charge in [-0.25, -0.2) is 0 Å². The standard InChI is InChI=1S/C24H34O4/c1-14-12-18-19(22(4)9-6-17(27)13-21(14)22)7-10-23(5)20(18)8-11-24(23,15(2)25)28-16(3)26/h13-14,18-20H,6-12H2,1-5H3/t14?,18-,19+,20+,22-,23+,24+/m1/s1. The maximum atomic E-state index is 12.8. The quantitative estimate of drug-likeness (QED) is 0.648. The molecular formula is C24H34O4. The zero-order chi connectivity index (χ0) is 20.5. The zero-order valence-electron chi connectivity index (χ0n) is 18.0. The lowest BCUT2D eigenvalue weighted by molar-refractivity contribution is -0.187. The number of hydrogen-bond acceptors (Lipinski definition) is 4. The highest BCUT2D eigenvalue weighted by Crippen LogP contribution is 2.69. The molecule has 4 rings (SSSR count). The Labute approximate surface area is 168 Å². The number of fused-ring (bicyclic) bond motifs is 5. The van der Waals surface area contributed by atoms with Crippen molar-refractivity contribution in [1.82, 2.24) is 0 Å². The Morgan fingerprint density at radius 3 is 2.39 bits per heavy atom. The van der Waals surface area contributed by atoms with Gasteiger partial charge in [0.1, 0.15) is 0 Å². The Morgan fingerprint density at radius 1 is 1.07 bits per heavy atom. The van der Waals surface area contributed by atoms with Gasteiger partial charge in [-0.1, -0.05) is 26.3 Å². The maximum Gasteiger partial charge on any atom is 0.303 e. The molecule has 0 aromatic carbocycles. The summed E-state index contributed by atoms with van der Waals surface area (Å²) < 4.78 is 5.84. The number of allylic oxidation sites excluding steroid dienone is 1. The van der Waals surface area contributed by atoms with Crippen LogP contribution in [0.2, 0.25) is 0 Å². The van der Waals surface area contributed by atoms with E-state index in [2.05, 4.69) is 20.8 Å². The smallest absolute Gasteiger partial charge is 0.303 e. The first kappa shape index (κ1) is 19.8. The van der Waals surface area contributed by atoms with E-state index >= 15 is 0 Å². The van der Waals surface area contributed by atoms with Crippen molar-refractivity contribution in [3.63, 3.8) is 0 Å². The van der Waals surface area contributed by atoms with Crippen LogP contribution in [-0.2, 0) is 19.1 Å². The molecule has 0 radical (unpaired) electrons. The van der Waals surface area contributed by atoms with Crippen LogP contribution in [0.15, 0.2) is 11.6 Å². The molecule has 154 valence electrons. The van der Waals surface area contributed by atoms with Gasteiger partial charge in [-0.15, -0.1) is 0 Å². The molecule has 4 nitrogen and oxygen atoms in total. The molecule has 0 heterocycles. The van der Waals surface area contributed by atoms with E-state index in [4.69, 9.17) is 4.74 Å². The lowest BCUT2D eigenvalue weighted by Crippen LogP contribution is -2.59. The third-order valence-corrected chi connectivity index (χ3v) is 9.29. The van der Waals surface area contributed by atoms with Crippen molar-refractivity contribution in [2.75, 3.05) is 0 Å². The van der Waals surface area contributed by atoms with Crippen LogP contribution in [-0.4, -0.2) is 23.1 Å². The van der Waals surface area contributed by atoms with E-state index in [-0.39, 0.29) is 28.4 Å². The summed E-state index contributed by atoms with van der Waals surface area (Å²) in [4.78, 5) is 36.8. The summed E-state index contributed by atoms with van der Waals surface area (Å²) in [5.74, 6) is 1.82. The van der Waals surface area contributed by atoms with E-state index in [0.29, 0.717) is 36.5 Å². The van der Waals surface area contributed by atoms with Crippen LogP contribution in [0.25, 0.3) is 0 Å². The molecule has 28 heavy (non-hydrogen) atoms. The van der Waals surface area contributed by atoms with Crippen LogP contribution in [0.5, 0.6) is 0 Å². The van der Waals surface area contributed by atoms with Gasteiger partial charge in [0, 0.05) is 18.8 Å². The topological polar surface area (TPSA) is 60.4 Å². The molecule has 4 aliphatic carbocycles. The Morgan fingerprint density at radius 2 is 1.75 bits per heavy atom. The Balaban J connectivity index is 1.73. The Bertz CT molecular complexity index is 767. The molecule has 0 aromatic heterocycles. The highest BCUT2D eigenvalue weighted by molar-refractivity contribution is 5.92. The van der Waals surface area contributed by atoms with Crippen molar-refractivity contribution < 1.29 is 19.1 Å². The van der Waals surface area contributed by atoms with Crippen molar-refractivity contribution in [3.8, 4) is 0 Å². The Kier molecular flexibility index (Phi) is 4.45. The second kappa shape index (κ2) is 6.27. The fraction of sp³-hybridized carbons (Fsp3) is 0.792. The van der Waals surface area contributed by atoms with E-state index < -0.39 is 5.60 Å². The van der Waals surface area contributed by atoms with Crippen molar-refractivity contribution in [1.29, 1.82) is 0 Å². The fourth-order valence-corrected chi connectivity index (χ4v) is 8.05. The van der Waals surface area contributed by atoms with Gasteiger partial charge in [-0.05, 0) is 80.6 Å². The van der Waals surface area contributed by atoms with Crippen LogP contribution in [0, 0.1) is 34.5 Å². The minimum atomic E-state index is -0.961. The summed E-state index contributed by atoms with van der Waals surface area (Å²) in [6, 6.07) is 0. The van der Waals surface area contributed by atoms with Crippen LogP contribution >= 0.6 is 0 Å². The van der Waals surface area contributed by atoms with Gasteiger partial charge in [0.25, 0.3) is 0 Å². The van der Waals surface area contributed by atoms with Gasteiger partial charge in [0.2, 0.25) is 0 Å². The second-order valence-electron chi connectivity index (χ2n) is 10.5. The molecule has 0 spiro atoms. The lowest BCUT2D eigenvalue weighted by Gasteiger charge is -2.60. The first-order valence-corrected chi connectivity index (χ1v) is 11.0. The van der Waals surface area contributed by atoms with Gasteiger partial charge in [-0.3, -0.25) is 14.4 Å². The summed E-state index contributed by atoms with van der Waals surface area (Å²) in [5, 5.41) is 0. The average Bonchev–Trinajstić information content (AvgIpc) is 2.90. The molecule has 4 heteroatoms. The molecule has 4 aliphatic rings. The summed E-state index contributed by atoms with van der Waals surface area (Å²) in [7, 11) is 0. The van der Waals surface area contributed by atoms with Gasteiger partial charge >= 0.3 is 5.97 Å². The van der Waals surface area contributed by atoms with E-state index in [9.17, 15) is 14.4 Å². The third-order valence-electron chi connectivity index (χ3n) is 9.29. The first-order chi connectivity index (χ1) is 13.0. The van der Waals surface area contributed by atoms with Gasteiger partial charge < -0.3 is 4.74 Å². The second-order valence-corrected chi connectivity index (χ2v) is 10.5. The zero-order valence-corrected chi connectivity index (χ0v) is 18.0. The third kappa shape index (κ3) is 2.45. The molecule has 7 atom stereocenters. The molecule has 0 N–H and O–H groups in total. The van der Waals surface area contributed by atoms with Crippen LogP contribution < -0.4 is 0 Å². The number of carbonyl (C=O) groups is 3. The Hall–Kier alpha value is -1.45. The number of hydrogen-bond donors (Lipinski definition) is 0. The summed E-state index contributed by atoms with van der Waals surface area (Å²) in [6.07, 6.45) is 8.19. The molecule has 3 saturated carbocycles. The largest absolute Gasteiger partial charge is 0.451 e. The molecule has 0 aliphatic heterocycles. The number of Topliss-reactive ketones (excluding diaryl/α,β-unsaturated/α-hetero) is 1. The van der Waals surface area contributed by atoms with Crippen LogP contribution in [0.3, 0.4) is 0 Å². The van der Waals surface area contributed by atoms with Gasteiger partial charge in [0.05, 0.1) is 0 Å². The first-order valence-electron chi connectivity index (χ1n) is 11.0. The highest BCUT2D eigenvalue weighted by Gasteiger charge is 2.68. The molecule has 3 fully saturated rings. The highest BCUT2D eigenvalue weighted by atomic mass is 16.6. The van der Waals surface area contributed by atoms with Crippen molar-refractivity contribution in [2.24, 2.45) is 34.5 Å². The number of rotatable bonds is 2. The molecule has 1 unspecified atom stereocenters. The van der Waals surface area contributed by atoms with Crippen molar-refractivity contribution in [2.45, 2.75) is 85.2 Å². The van der Waals surface area contributed by atoms with Crippen molar-refractivity contribution >= 4 is 17.5 Å². The van der Waals surface area contributed by atoms with Crippen LogP contribution in [0.4, 0.5) is 0 Å². The number of esters is 1.